The van der Waals surface area contributed by atoms with Crippen molar-refractivity contribution in [3.63, 3.8) is 0 Å². The van der Waals surface area contributed by atoms with Crippen molar-refractivity contribution in [2.75, 3.05) is 0 Å². The molecule has 3 unspecified atom stereocenters. The van der Waals surface area contributed by atoms with Gasteiger partial charge in [-0.05, 0) is 32.1 Å². The molecule has 1 aliphatic carbocycles. The first-order chi connectivity index (χ1) is 8.48. The molecule has 0 bridgehead atoms. The van der Waals surface area contributed by atoms with Crippen molar-refractivity contribution in [2.45, 2.75) is 48.9 Å². The number of aliphatic hydroxyl groups excluding tert-OH is 1. The third kappa shape index (κ3) is 2.37. The van der Waals surface area contributed by atoms with Crippen molar-refractivity contribution in [3.8, 4) is 0 Å². The molecule has 5 atom stereocenters. The summed E-state index contributed by atoms with van der Waals surface area (Å²) in [6.45, 7) is 1.71. The highest BCUT2D eigenvalue weighted by Crippen LogP contribution is 2.63. The zero-order valence-electron chi connectivity index (χ0n) is 10.3. The van der Waals surface area contributed by atoms with E-state index in [0.717, 1.165) is 0 Å². The molecule has 1 heterocycles. The third-order valence-corrected chi connectivity index (χ3v) is 8.42. The quantitative estimate of drug-likeness (QED) is 0.331. The van der Waals surface area contributed by atoms with Gasteiger partial charge in [0.1, 0.15) is 0 Å². The molecule has 2 aliphatic rings. The van der Waals surface area contributed by atoms with Crippen molar-refractivity contribution in [1.82, 2.24) is 5.32 Å². The number of hydrogen-bond acceptors (Lipinski definition) is 5. The number of nitrogens with one attached hydrogen (secondary N) is 1. The maximum absolute atomic E-state index is 11.6. The van der Waals surface area contributed by atoms with E-state index in [1.807, 2.05) is 0 Å². The summed E-state index contributed by atoms with van der Waals surface area (Å²) >= 11 is 0. The molecule has 2 rings (SSSR count). The predicted octanol–water partition coefficient (Wildman–Crippen LogP) is -0.731. The summed E-state index contributed by atoms with van der Waals surface area (Å²) in [6, 6.07) is -0.719. The van der Waals surface area contributed by atoms with E-state index in [1.54, 1.807) is 6.92 Å². The monoisotopic (exact) mass is 315 g/mol. The molecule has 2 fully saturated rings. The van der Waals surface area contributed by atoms with E-state index in [1.165, 1.54) is 0 Å². The second-order valence-electron chi connectivity index (χ2n) is 5.50. The van der Waals surface area contributed by atoms with Crippen LogP contribution in [0.1, 0.15) is 26.2 Å². The summed E-state index contributed by atoms with van der Waals surface area (Å²) in [5.74, 6) is -0.388. The second kappa shape index (κ2) is 4.49. The molecule has 5 N–H and O–H groups in total. The van der Waals surface area contributed by atoms with Gasteiger partial charge in [0.05, 0.1) is 6.10 Å². The zero-order chi connectivity index (χ0) is 14.6. The zero-order valence-corrected chi connectivity index (χ0v) is 12.0. The molecular formula is C9H18NO7PS. The van der Waals surface area contributed by atoms with Crippen LogP contribution in [0.25, 0.3) is 0 Å². The Morgan fingerprint density at radius 1 is 1.32 bits per heavy atom. The summed E-state index contributed by atoms with van der Waals surface area (Å²) in [4.78, 5) is 18.7. The molecule has 1 aliphatic heterocycles. The molecule has 0 amide bonds. The lowest BCUT2D eigenvalue weighted by atomic mass is 9.88. The summed E-state index contributed by atoms with van der Waals surface area (Å²) in [6.07, 6.45) is -1.14. The molecule has 0 aromatic rings. The average molecular weight is 315 g/mol. The Morgan fingerprint density at radius 2 is 1.89 bits per heavy atom. The van der Waals surface area contributed by atoms with E-state index in [4.69, 9.17) is 0 Å². The van der Waals surface area contributed by atoms with Crippen molar-refractivity contribution in [3.05, 3.63) is 0 Å². The van der Waals surface area contributed by atoms with Crippen LogP contribution in [-0.2, 0) is 14.7 Å². The van der Waals surface area contributed by atoms with E-state index in [9.17, 15) is 32.4 Å². The van der Waals surface area contributed by atoms with E-state index in [2.05, 4.69) is 5.32 Å². The Labute approximate surface area is 111 Å². The summed E-state index contributed by atoms with van der Waals surface area (Å²) in [5.41, 5.74) is 0. The van der Waals surface area contributed by atoms with E-state index < -0.39 is 34.3 Å². The molecule has 8 nitrogen and oxygen atoms in total. The van der Waals surface area contributed by atoms with Gasteiger partial charge in [-0.2, -0.15) is 8.42 Å². The Hall–Kier alpha value is -0.0200. The van der Waals surface area contributed by atoms with Crippen LogP contribution in [0.4, 0.5) is 0 Å². The molecule has 112 valence electrons. The first-order valence-electron chi connectivity index (χ1n) is 5.95. The van der Waals surface area contributed by atoms with Gasteiger partial charge >= 0.3 is 7.60 Å². The van der Waals surface area contributed by atoms with Crippen molar-refractivity contribution < 1.29 is 32.4 Å². The van der Waals surface area contributed by atoms with Crippen LogP contribution in [-0.4, -0.2) is 50.5 Å². The molecule has 0 spiro atoms. The summed E-state index contributed by atoms with van der Waals surface area (Å²) in [5, 5.41) is 12.7. The van der Waals surface area contributed by atoms with Gasteiger partial charge in [-0.15, -0.1) is 0 Å². The van der Waals surface area contributed by atoms with Gasteiger partial charge in [-0.1, -0.05) is 0 Å². The first-order valence-corrected chi connectivity index (χ1v) is 9.00. The highest BCUT2D eigenvalue weighted by atomic mass is 32.2. The molecule has 1 saturated heterocycles. The highest BCUT2D eigenvalue weighted by molar-refractivity contribution is 7.95. The fourth-order valence-corrected chi connectivity index (χ4v) is 6.07. The van der Waals surface area contributed by atoms with Crippen LogP contribution >= 0.6 is 7.60 Å². The molecule has 10 heteroatoms. The summed E-state index contributed by atoms with van der Waals surface area (Å²) in [7, 11) is -9.94. The second-order valence-corrected chi connectivity index (χ2v) is 9.48. The average Bonchev–Trinajstić information content (AvgIpc) is 2.56. The smallest absolute Gasteiger partial charge is 0.349 e. The maximum atomic E-state index is 11.6. The molecule has 1 saturated carbocycles. The molecule has 0 aromatic heterocycles. The predicted molar refractivity (Wildman–Crippen MR) is 66.1 cm³/mol. The number of piperidine rings is 1. The van der Waals surface area contributed by atoms with E-state index in [0.29, 0.717) is 0 Å². The fourth-order valence-electron chi connectivity index (χ4n) is 3.15. The van der Waals surface area contributed by atoms with Gasteiger partial charge < -0.3 is 20.2 Å². The molecule has 0 radical (unpaired) electrons. The lowest BCUT2D eigenvalue weighted by Crippen LogP contribution is -2.51. The van der Waals surface area contributed by atoms with Gasteiger partial charge in [0.15, 0.2) is 4.49 Å². The Morgan fingerprint density at radius 3 is 2.37 bits per heavy atom. The van der Waals surface area contributed by atoms with Crippen LogP contribution in [0.15, 0.2) is 0 Å². The third-order valence-electron chi connectivity index (χ3n) is 4.30. The molecular weight excluding hydrogens is 297 g/mol. The van der Waals surface area contributed by atoms with Gasteiger partial charge in [-0.25, -0.2) is 0 Å². The van der Waals surface area contributed by atoms with Crippen LogP contribution in [0.2, 0.25) is 0 Å². The van der Waals surface area contributed by atoms with Crippen molar-refractivity contribution in [1.29, 1.82) is 0 Å². The molecule has 0 aromatic carbocycles. The Balaban J connectivity index is 2.39. The Kier molecular flexibility index (Phi) is 3.63. The minimum Gasteiger partial charge on any atom is -0.392 e. The number of fused-ring (bicyclic) bond motifs is 1. The SMILES string of the molecule is C[C@H]1NC2CC(P(=O)(O)O)(S(=O)(=O)O)CC2C[C@@H]1O. The van der Waals surface area contributed by atoms with Crippen molar-refractivity contribution in [2.24, 2.45) is 5.92 Å². The molecule has 19 heavy (non-hydrogen) atoms. The van der Waals surface area contributed by atoms with Crippen molar-refractivity contribution >= 4 is 17.7 Å². The van der Waals surface area contributed by atoms with Gasteiger partial charge in [-0.3, -0.25) is 9.12 Å². The lowest BCUT2D eigenvalue weighted by molar-refractivity contribution is 0.0634. The topological polar surface area (TPSA) is 144 Å². The van der Waals surface area contributed by atoms with Crippen LogP contribution < -0.4 is 5.32 Å². The normalized spacial score (nSPS) is 44.1. The van der Waals surface area contributed by atoms with E-state index >= 15 is 0 Å². The fraction of sp³-hybridized carbons (Fsp3) is 1.00. The number of rotatable bonds is 2. The standard InChI is InChI=1S/C9H18NO7PS/c1-5-8(11)2-6-3-9(18(12,13)14,19(15,16)17)4-7(6)10-5/h5-8,10-11H,2-4H2,1H3,(H2,12,13,14)(H,15,16,17)/t5-,6?,7?,8+,9?/m1/s1. The maximum Gasteiger partial charge on any atom is 0.349 e. The minimum absolute atomic E-state index is 0.260. The van der Waals surface area contributed by atoms with Gasteiger partial charge in [0.25, 0.3) is 10.1 Å². The number of hydrogen-bond donors (Lipinski definition) is 5. The Bertz CT molecular complexity index is 497. The van der Waals surface area contributed by atoms with Crippen LogP contribution in [0.5, 0.6) is 0 Å². The number of aliphatic hydroxyl groups is 1. The minimum atomic E-state index is -5.04. The van der Waals surface area contributed by atoms with Gasteiger partial charge in [0, 0.05) is 12.1 Å². The highest BCUT2D eigenvalue weighted by Gasteiger charge is 2.64. The van der Waals surface area contributed by atoms with Gasteiger partial charge in [0.2, 0.25) is 0 Å². The largest absolute Gasteiger partial charge is 0.392 e. The van der Waals surface area contributed by atoms with Crippen LogP contribution in [0, 0.1) is 5.92 Å². The van der Waals surface area contributed by atoms with Crippen LogP contribution in [0.3, 0.4) is 0 Å². The first kappa shape index (κ1) is 15.4. The van der Waals surface area contributed by atoms with E-state index in [-0.39, 0.29) is 31.2 Å². The lowest BCUT2D eigenvalue weighted by Gasteiger charge is -2.35. The summed E-state index contributed by atoms with van der Waals surface area (Å²) < 4.78 is 41.4.